The number of rotatable bonds is 5. The van der Waals surface area contributed by atoms with Gasteiger partial charge in [0.05, 0.1) is 0 Å². The van der Waals surface area contributed by atoms with Gasteiger partial charge in [0, 0.05) is 17.7 Å². The molecule has 1 heterocycles. The van der Waals surface area contributed by atoms with Gasteiger partial charge in [-0.05, 0) is 44.0 Å². The Balaban J connectivity index is 1.78. The number of carbonyl (C=O) groups excluding carboxylic acids is 2. The molecule has 5 heteroatoms. The van der Waals surface area contributed by atoms with Gasteiger partial charge < -0.3 is 15.1 Å². The summed E-state index contributed by atoms with van der Waals surface area (Å²) < 4.78 is 5.53. The fraction of sp³-hybridized carbons (Fsp3) is 0.333. The Labute approximate surface area is 153 Å². The second-order valence-electron chi connectivity index (χ2n) is 6.63. The highest BCUT2D eigenvalue weighted by Crippen LogP contribution is 2.18. The van der Waals surface area contributed by atoms with E-state index in [1.807, 2.05) is 19.1 Å². The van der Waals surface area contributed by atoms with Gasteiger partial charge >= 0.3 is 0 Å². The number of carbonyl (C=O) groups is 2. The molecule has 0 spiro atoms. The van der Waals surface area contributed by atoms with Gasteiger partial charge in [-0.3, -0.25) is 9.59 Å². The Hall–Kier alpha value is -2.82. The quantitative estimate of drug-likeness (QED) is 0.804. The molecule has 1 saturated carbocycles. The number of nitrogens with one attached hydrogen (secondary N) is 2. The molecule has 3 rings (SSSR count). The number of furan rings is 1. The van der Waals surface area contributed by atoms with Crippen molar-refractivity contribution < 1.29 is 14.0 Å². The van der Waals surface area contributed by atoms with Gasteiger partial charge in [0.2, 0.25) is 0 Å². The maximum absolute atomic E-state index is 12.8. The fourth-order valence-corrected chi connectivity index (χ4v) is 3.13. The number of benzene rings is 1. The maximum atomic E-state index is 12.8. The molecular weight excluding hydrogens is 328 g/mol. The van der Waals surface area contributed by atoms with Gasteiger partial charge in [0.1, 0.15) is 17.2 Å². The summed E-state index contributed by atoms with van der Waals surface area (Å²) in [6.07, 6.45) is 6.99. The third kappa shape index (κ3) is 4.85. The van der Waals surface area contributed by atoms with E-state index in [1.165, 1.54) is 6.42 Å². The van der Waals surface area contributed by atoms with Crippen LogP contribution in [0.3, 0.4) is 0 Å². The van der Waals surface area contributed by atoms with E-state index in [-0.39, 0.29) is 23.6 Å². The lowest BCUT2D eigenvalue weighted by atomic mass is 9.95. The van der Waals surface area contributed by atoms with Crippen molar-refractivity contribution in [2.45, 2.75) is 45.1 Å². The molecule has 1 fully saturated rings. The van der Waals surface area contributed by atoms with Crippen LogP contribution in [0.25, 0.3) is 6.08 Å². The molecule has 0 saturated heterocycles. The summed E-state index contributed by atoms with van der Waals surface area (Å²) in [7, 11) is 0. The highest BCUT2D eigenvalue weighted by atomic mass is 16.3. The Morgan fingerprint density at radius 2 is 1.77 bits per heavy atom. The van der Waals surface area contributed by atoms with Crippen LogP contribution in [-0.4, -0.2) is 17.9 Å². The molecule has 1 aliphatic rings. The van der Waals surface area contributed by atoms with E-state index in [2.05, 4.69) is 10.6 Å². The number of aryl methyl sites for hydroxylation is 1. The van der Waals surface area contributed by atoms with Crippen LogP contribution in [0.4, 0.5) is 0 Å². The Kier molecular flexibility index (Phi) is 5.89. The summed E-state index contributed by atoms with van der Waals surface area (Å²) in [6, 6.07) is 12.6. The summed E-state index contributed by atoms with van der Waals surface area (Å²) in [5.74, 6) is 0.677. The SMILES string of the molecule is Cc1ccc(/C=C(/NC(=O)c2ccccc2)C(=O)NC2CCCCC2)o1. The molecule has 0 bridgehead atoms. The molecule has 26 heavy (non-hydrogen) atoms. The van der Waals surface area contributed by atoms with Crippen molar-refractivity contribution in [1.29, 1.82) is 0 Å². The Morgan fingerprint density at radius 1 is 1.04 bits per heavy atom. The normalized spacial score (nSPS) is 15.5. The van der Waals surface area contributed by atoms with E-state index < -0.39 is 0 Å². The molecule has 1 aromatic heterocycles. The molecule has 0 atom stereocenters. The zero-order valence-corrected chi connectivity index (χ0v) is 15.0. The number of amides is 2. The molecule has 2 amide bonds. The molecule has 0 radical (unpaired) electrons. The number of hydrogen-bond acceptors (Lipinski definition) is 3. The van der Waals surface area contributed by atoms with E-state index in [4.69, 9.17) is 4.42 Å². The first-order valence-electron chi connectivity index (χ1n) is 9.07. The first kappa shape index (κ1) is 18.0. The van der Waals surface area contributed by atoms with Crippen LogP contribution >= 0.6 is 0 Å². The average molecular weight is 352 g/mol. The Morgan fingerprint density at radius 3 is 2.42 bits per heavy atom. The third-order valence-electron chi connectivity index (χ3n) is 4.52. The molecule has 5 nitrogen and oxygen atoms in total. The third-order valence-corrected chi connectivity index (χ3v) is 4.52. The highest BCUT2D eigenvalue weighted by Gasteiger charge is 2.20. The maximum Gasteiger partial charge on any atom is 0.268 e. The van der Waals surface area contributed by atoms with Crippen LogP contribution in [-0.2, 0) is 4.79 Å². The molecule has 0 aliphatic heterocycles. The lowest BCUT2D eigenvalue weighted by molar-refractivity contribution is -0.118. The summed E-state index contributed by atoms with van der Waals surface area (Å²) in [4.78, 5) is 25.2. The fourth-order valence-electron chi connectivity index (χ4n) is 3.13. The first-order chi connectivity index (χ1) is 12.6. The van der Waals surface area contributed by atoms with Crippen molar-refractivity contribution in [2.75, 3.05) is 0 Å². The van der Waals surface area contributed by atoms with Crippen molar-refractivity contribution in [2.24, 2.45) is 0 Å². The van der Waals surface area contributed by atoms with Crippen molar-refractivity contribution >= 4 is 17.9 Å². The van der Waals surface area contributed by atoms with E-state index in [0.29, 0.717) is 11.3 Å². The first-order valence-corrected chi connectivity index (χ1v) is 9.07. The number of hydrogen-bond donors (Lipinski definition) is 2. The van der Waals surface area contributed by atoms with Gasteiger partial charge in [-0.15, -0.1) is 0 Å². The standard InChI is InChI=1S/C21H24N2O3/c1-15-12-13-18(26-15)14-19(21(25)22-17-10-6-3-7-11-17)23-20(24)16-8-4-2-5-9-16/h2,4-5,8-9,12-14,17H,3,6-7,10-11H2,1H3,(H,22,25)(H,23,24)/b19-14+. The monoisotopic (exact) mass is 352 g/mol. The summed E-state index contributed by atoms with van der Waals surface area (Å²) in [6.45, 7) is 1.83. The summed E-state index contributed by atoms with van der Waals surface area (Å²) >= 11 is 0. The molecule has 136 valence electrons. The predicted octanol–water partition coefficient (Wildman–Crippen LogP) is 3.81. The van der Waals surface area contributed by atoms with Crippen molar-refractivity contribution in [3.8, 4) is 0 Å². The van der Waals surface area contributed by atoms with Crippen LogP contribution in [0.15, 0.2) is 52.6 Å². The largest absolute Gasteiger partial charge is 0.462 e. The lowest BCUT2D eigenvalue weighted by Crippen LogP contribution is -2.41. The lowest BCUT2D eigenvalue weighted by Gasteiger charge is -2.23. The Bertz CT molecular complexity index is 787. The minimum absolute atomic E-state index is 0.159. The predicted molar refractivity (Wildman–Crippen MR) is 100 cm³/mol. The van der Waals surface area contributed by atoms with E-state index in [9.17, 15) is 9.59 Å². The van der Waals surface area contributed by atoms with Gasteiger partial charge in [0.15, 0.2) is 0 Å². The van der Waals surface area contributed by atoms with Crippen molar-refractivity contribution in [3.63, 3.8) is 0 Å². The van der Waals surface area contributed by atoms with E-state index >= 15 is 0 Å². The van der Waals surface area contributed by atoms with Crippen LogP contribution in [0.1, 0.15) is 54.0 Å². The van der Waals surface area contributed by atoms with Gasteiger partial charge in [-0.2, -0.15) is 0 Å². The minimum atomic E-state index is -0.320. The molecule has 1 aromatic carbocycles. The zero-order valence-electron chi connectivity index (χ0n) is 15.0. The molecule has 0 unspecified atom stereocenters. The zero-order chi connectivity index (χ0) is 18.4. The summed E-state index contributed by atoms with van der Waals surface area (Å²) in [5, 5.41) is 5.77. The van der Waals surface area contributed by atoms with Gasteiger partial charge in [0.25, 0.3) is 11.8 Å². The minimum Gasteiger partial charge on any atom is -0.462 e. The molecule has 1 aliphatic carbocycles. The van der Waals surface area contributed by atoms with Crippen molar-refractivity contribution in [3.05, 3.63) is 65.2 Å². The second kappa shape index (κ2) is 8.52. The topological polar surface area (TPSA) is 71.3 Å². The second-order valence-corrected chi connectivity index (χ2v) is 6.63. The van der Waals surface area contributed by atoms with Crippen LogP contribution in [0, 0.1) is 6.92 Å². The van der Waals surface area contributed by atoms with Crippen LogP contribution < -0.4 is 10.6 Å². The summed E-state index contributed by atoms with van der Waals surface area (Å²) in [5.41, 5.74) is 0.693. The van der Waals surface area contributed by atoms with Crippen LogP contribution in [0.5, 0.6) is 0 Å². The highest BCUT2D eigenvalue weighted by molar-refractivity contribution is 6.05. The average Bonchev–Trinajstić information content (AvgIpc) is 3.07. The molecular formula is C21H24N2O3. The molecule has 2 N–H and O–H groups in total. The van der Waals surface area contributed by atoms with Crippen LogP contribution in [0.2, 0.25) is 0 Å². The van der Waals surface area contributed by atoms with Crippen molar-refractivity contribution in [1.82, 2.24) is 10.6 Å². The van der Waals surface area contributed by atoms with E-state index in [1.54, 1.807) is 36.4 Å². The van der Waals surface area contributed by atoms with E-state index in [0.717, 1.165) is 31.4 Å². The van der Waals surface area contributed by atoms with Gasteiger partial charge in [-0.25, -0.2) is 0 Å². The smallest absolute Gasteiger partial charge is 0.268 e. The van der Waals surface area contributed by atoms with Gasteiger partial charge in [-0.1, -0.05) is 37.5 Å². The molecule has 2 aromatic rings.